The maximum absolute atomic E-state index is 10.6. The van der Waals surface area contributed by atoms with Crippen LogP contribution in [0.15, 0.2) is 28.7 Å². The molecule has 2 saturated carbocycles. The molecule has 4 rings (SSSR count). The van der Waals surface area contributed by atoms with Crippen molar-refractivity contribution in [3.05, 3.63) is 35.6 Å². The van der Waals surface area contributed by atoms with Crippen molar-refractivity contribution in [1.82, 2.24) is 0 Å². The summed E-state index contributed by atoms with van der Waals surface area (Å²) in [7, 11) is 0. The van der Waals surface area contributed by atoms with Gasteiger partial charge in [0.1, 0.15) is 17.4 Å². The standard InChI is InChI=1S/C17H20O2/c1-10-3-2-4-13-9-15(19-17(10)13)16(18)14-8-11-5-6-12(14)7-11/h2-4,9,11-12,14,16,18H,5-8H2,1H3. The van der Waals surface area contributed by atoms with Gasteiger partial charge in [0, 0.05) is 5.39 Å². The van der Waals surface area contributed by atoms with Gasteiger partial charge in [-0.2, -0.15) is 0 Å². The van der Waals surface area contributed by atoms with Gasteiger partial charge >= 0.3 is 0 Å². The quantitative estimate of drug-likeness (QED) is 0.873. The highest BCUT2D eigenvalue weighted by molar-refractivity contribution is 5.80. The molecule has 0 spiro atoms. The number of para-hydroxylation sites is 1. The molecule has 0 radical (unpaired) electrons. The molecule has 2 aromatic rings. The Labute approximate surface area is 113 Å². The van der Waals surface area contributed by atoms with E-state index in [1.807, 2.05) is 12.1 Å². The second-order valence-corrected chi connectivity index (χ2v) is 6.43. The molecule has 4 atom stereocenters. The Morgan fingerprint density at radius 1 is 1.26 bits per heavy atom. The number of hydrogen-bond acceptors (Lipinski definition) is 2. The number of aliphatic hydroxyl groups excluding tert-OH is 1. The van der Waals surface area contributed by atoms with E-state index in [1.165, 1.54) is 25.7 Å². The molecule has 2 heteroatoms. The van der Waals surface area contributed by atoms with Crippen molar-refractivity contribution in [2.75, 3.05) is 0 Å². The van der Waals surface area contributed by atoms with Crippen molar-refractivity contribution in [1.29, 1.82) is 0 Å². The molecule has 19 heavy (non-hydrogen) atoms. The second kappa shape index (κ2) is 4.11. The molecule has 1 heterocycles. The number of aliphatic hydroxyl groups is 1. The number of fused-ring (bicyclic) bond motifs is 3. The fourth-order valence-electron chi connectivity index (χ4n) is 4.27. The molecule has 2 nitrogen and oxygen atoms in total. The van der Waals surface area contributed by atoms with E-state index in [9.17, 15) is 5.11 Å². The van der Waals surface area contributed by atoms with Crippen molar-refractivity contribution < 1.29 is 9.52 Å². The lowest BCUT2D eigenvalue weighted by molar-refractivity contribution is 0.0572. The van der Waals surface area contributed by atoms with E-state index >= 15 is 0 Å². The summed E-state index contributed by atoms with van der Waals surface area (Å²) in [5, 5.41) is 11.7. The summed E-state index contributed by atoms with van der Waals surface area (Å²) >= 11 is 0. The number of hydrogen-bond donors (Lipinski definition) is 1. The van der Waals surface area contributed by atoms with Gasteiger partial charge in [-0.15, -0.1) is 0 Å². The first-order chi connectivity index (χ1) is 9.22. The summed E-state index contributed by atoms with van der Waals surface area (Å²) in [4.78, 5) is 0. The Morgan fingerprint density at radius 2 is 2.16 bits per heavy atom. The SMILES string of the molecule is Cc1cccc2cc(C(O)C3CC4CCC3C4)oc12. The minimum absolute atomic E-state index is 0.415. The molecule has 4 unspecified atom stereocenters. The third-order valence-corrected chi connectivity index (χ3v) is 5.25. The smallest absolute Gasteiger partial charge is 0.137 e. The molecule has 100 valence electrons. The lowest BCUT2D eigenvalue weighted by Gasteiger charge is -2.25. The predicted octanol–water partition coefficient (Wildman–Crippen LogP) is 4.21. The lowest BCUT2D eigenvalue weighted by atomic mass is 9.84. The molecule has 1 N–H and O–H groups in total. The van der Waals surface area contributed by atoms with E-state index in [1.54, 1.807) is 0 Å². The molecule has 0 aliphatic heterocycles. The number of benzene rings is 1. The number of rotatable bonds is 2. The van der Waals surface area contributed by atoms with Crippen LogP contribution < -0.4 is 0 Å². The average Bonchev–Trinajstić information content (AvgIpc) is 3.12. The van der Waals surface area contributed by atoms with Gasteiger partial charge in [-0.1, -0.05) is 24.6 Å². The van der Waals surface area contributed by atoms with Gasteiger partial charge < -0.3 is 9.52 Å². The Morgan fingerprint density at radius 3 is 2.84 bits per heavy atom. The molecule has 2 fully saturated rings. The third kappa shape index (κ3) is 1.73. The van der Waals surface area contributed by atoms with Crippen LogP contribution in [0.5, 0.6) is 0 Å². The summed E-state index contributed by atoms with van der Waals surface area (Å²) in [6.45, 7) is 2.06. The molecular weight excluding hydrogens is 236 g/mol. The van der Waals surface area contributed by atoms with Crippen LogP contribution in [0.1, 0.15) is 43.1 Å². The molecule has 2 aliphatic carbocycles. The number of aryl methyl sites for hydroxylation is 1. The fourth-order valence-corrected chi connectivity index (χ4v) is 4.27. The molecule has 1 aromatic heterocycles. The van der Waals surface area contributed by atoms with E-state index < -0.39 is 6.10 Å². The van der Waals surface area contributed by atoms with Gasteiger partial charge in [-0.05, 0) is 55.6 Å². The van der Waals surface area contributed by atoms with E-state index in [2.05, 4.69) is 19.1 Å². The van der Waals surface area contributed by atoms with Crippen LogP contribution >= 0.6 is 0 Å². The van der Waals surface area contributed by atoms with E-state index in [0.717, 1.165) is 28.2 Å². The zero-order valence-electron chi connectivity index (χ0n) is 11.3. The second-order valence-electron chi connectivity index (χ2n) is 6.43. The third-order valence-electron chi connectivity index (χ3n) is 5.25. The first kappa shape index (κ1) is 11.5. The summed E-state index contributed by atoms with van der Waals surface area (Å²) in [6.07, 6.45) is 4.75. The van der Waals surface area contributed by atoms with E-state index in [-0.39, 0.29) is 0 Å². The maximum Gasteiger partial charge on any atom is 0.137 e. The molecular formula is C17H20O2. The van der Waals surface area contributed by atoms with Crippen molar-refractivity contribution in [2.45, 2.75) is 38.7 Å². The van der Waals surface area contributed by atoms with Gasteiger partial charge in [-0.25, -0.2) is 0 Å². The first-order valence-electron chi connectivity index (χ1n) is 7.39. The highest BCUT2D eigenvalue weighted by Crippen LogP contribution is 2.52. The fraction of sp³-hybridized carbons (Fsp3) is 0.529. The minimum atomic E-state index is -0.415. The highest BCUT2D eigenvalue weighted by Gasteiger charge is 2.43. The molecule has 2 bridgehead atoms. The van der Waals surface area contributed by atoms with E-state index in [4.69, 9.17) is 4.42 Å². The van der Waals surface area contributed by atoms with Crippen LogP contribution in [-0.4, -0.2) is 5.11 Å². The Bertz CT molecular complexity index is 613. The van der Waals surface area contributed by atoms with Gasteiger partial charge in [0.2, 0.25) is 0 Å². The molecule has 1 aromatic carbocycles. The van der Waals surface area contributed by atoms with Crippen molar-refractivity contribution in [2.24, 2.45) is 17.8 Å². The zero-order chi connectivity index (χ0) is 13.0. The lowest BCUT2D eigenvalue weighted by Crippen LogP contribution is -2.18. The summed E-state index contributed by atoms with van der Waals surface area (Å²) in [5.74, 6) is 2.76. The van der Waals surface area contributed by atoms with Crippen molar-refractivity contribution >= 4 is 11.0 Å². The Hall–Kier alpha value is -1.28. The van der Waals surface area contributed by atoms with Crippen molar-refractivity contribution in [3.63, 3.8) is 0 Å². The van der Waals surface area contributed by atoms with E-state index in [0.29, 0.717) is 11.8 Å². The highest BCUT2D eigenvalue weighted by atomic mass is 16.4. The first-order valence-corrected chi connectivity index (χ1v) is 7.39. The van der Waals surface area contributed by atoms with Gasteiger partial charge in [0.25, 0.3) is 0 Å². The van der Waals surface area contributed by atoms with Crippen LogP contribution in [0.2, 0.25) is 0 Å². The summed E-state index contributed by atoms with van der Waals surface area (Å²) in [6, 6.07) is 8.18. The summed E-state index contributed by atoms with van der Waals surface area (Å²) in [5.41, 5.74) is 2.07. The van der Waals surface area contributed by atoms with Gasteiger partial charge in [0.05, 0.1) is 0 Å². The average molecular weight is 256 g/mol. The molecule has 2 aliphatic rings. The zero-order valence-corrected chi connectivity index (χ0v) is 11.3. The van der Waals surface area contributed by atoms with Crippen LogP contribution in [0.3, 0.4) is 0 Å². The van der Waals surface area contributed by atoms with Gasteiger partial charge in [-0.3, -0.25) is 0 Å². The minimum Gasteiger partial charge on any atom is -0.458 e. The number of furan rings is 1. The molecule has 0 amide bonds. The van der Waals surface area contributed by atoms with Gasteiger partial charge in [0.15, 0.2) is 0 Å². The molecule has 0 saturated heterocycles. The monoisotopic (exact) mass is 256 g/mol. The topological polar surface area (TPSA) is 33.4 Å². The normalized spacial score (nSPS) is 31.2. The van der Waals surface area contributed by atoms with Crippen LogP contribution in [0.25, 0.3) is 11.0 Å². The van der Waals surface area contributed by atoms with Crippen LogP contribution in [0, 0.1) is 24.7 Å². The predicted molar refractivity (Wildman–Crippen MR) is 74.8 cm³/mol. The Kier molecular flexibility index (Phi) is 2.49. The van der Waals surface area contributed by atoms with Crippen LogP contribution in [-0.2, 0) is 0 Å². The largest absolute Gasteiger partial charge is 0.458 e. The Balaban J connectivity index is 1.68. The van der Waals surface area contributed by atoms with Crippen LogP contribution in [0.4, 0.5) is 0 Å². The van der Waals surface area contributed by atoms with Crippen molar-refractivity contribution in [3.8, 4) is 0 Å². The maximum atomic E-state index is 10.6. The summed E-state index contributed by atoms with van der Waals surface area (Å²) < 4.78 is 5.93.